The SMILES string of the molecule is Cc1nc(CCC(=O)Nc2nc(C)c(C)s2)cs1. The van der Waals surface area contributed by atoms with Crippen molar-refractivity contribution in [3.8, 4) is 0 Å². The molecule has 2 aromatic rings. The first-order valence-corrected chi connectivity index (χ1v) is 7.39. The Labute approximate surface area is 114 Å². The van der Waals surface area contributed by atoms with Crippen molar-refractivity contribution in [2.24, 2.45) is 0 Å². The number of hydrogen-bond acceptors (Lipinski definition) is 5. The third-order valence-electron chi connectivity index (χ3n) is 2.55. The van der Waals surface area contributed by atoms with Crippen molar-refractivity contribution in [3.63, 3.8) is 0 Å². The number of carbonyl (C=O) groups excluding carboxylic acids is 1. The third-order valence-corrected chi connectivity index (χ3v) is 4.36. The Balaban J connectivity index is 1.85. The van der Waals surface area contributed by atoms with Gasteiger partial charge in [-0.2, -0.15) is 0 Å². The molecule has 0 aliphatic carbocycles. The number of nitrogens with zero attached hydrogens (tertiary/aromatic N) is 2. The number of amides is 1. The zero-order valence-electron chi connectivity index (χ0n) is 10.6. The van der Waals surface area contributed by atoms with Crippen molar-refractivity contribution < 1.29 is 4.79 Å². The topological polar surface area (TPSA) is 54.9 Å². The number of thiazole rings is 2. The Morgan fingerprint density at radius 3 is 2.67 bits per heavy atom. The van der Waals surface area contributed by atoms with Crippen LogP contribution in [0.3, 0.4) is 0 Å². The monoisotopic (exact) mass is 281 g/mol. The molecular weight excluding hydrogens is 266 g/mol. The molecule has 0 saturated heterocycles. The van der Waals surface area contributed by atoms with Crippen LogP contribution in [0.2, 0.25) is 0 Å². The molecule has 0 atom stereocenters. The first-order chi connectivity index (χ1) is 8.54. The Kier molecular flexibility index (Phi) is 4.08. The number of nitrogens with one attached hydrogen (secondary N) is 1. The van der Waals surface area contributed by atoms with Gasteiger partial charge < -0.3 is 5.32 Å². The van der Waals surface area contributed by atoms with Crippen LogP contribution in [0.1, 0.15) is 27.7 Å². The molecule has 0 aliphatic rings. The lowest BCUT2D eigenvalue weighted by atomic mass is 10.2. The van der Waals surface area contributed by atoms with Crippen LogP contribution in [-0.2, 0) is 11.2 Å². The summed E-state index contributed by atoms with van der Waals surface area (Å²) < 4.78 is 0. The summed E-state index contributed by atoms with van der Waals surface area (Å²) in [6.07, 6.45) is 1.13. The van der Waals surface area contributed by atoms with E-state index in [9.17, 15) is 4.79 Å². The van der Waals surface area contributed by atoms with Crippen LogP contribution < -0.4 is 5.32 Å². The van der Waals surface area contributed by atoms with Gasteiger partial charge in [0, 0.05) is 16.7 Å². The van der Waals surface area contributed by atoms with Crippen LogP contribution in [-0.4, -0.2) is 15.9 Å². The summed E-state index contributed by atoms with van der Waals surface area (Å²) in [7, 11) is 0. The minimum Gasteiger partial charge on any atom is -0.302 e. The lowest BCUT2D eigenvalue weighted by molar-refractivity contribution is -0.116. The van der Waals surface area contributed by atoms with Gasteiger partial charge in [-0.3, -0.25) is 4.79 Å². The highest BCUT2D eigenvalue weighted by atomic mass is 32.1. The van der Waals surface area contributed by atoms with Crippen molar-refractivity contribution in [1.29, 1.82) is 0 Å². The average Bonchev–Trinajstić information content (AvgIpc) is 2.84. The molecule has 2 heterocycles. The second kappa shape index (κ2) is 5.58. The fraction of sp³-hybridized carbons (Fsp3) is 0.417. The summed E-state index contributed by atoms with van der Waals surface area (Å²) in [6, 6.07) is 0. The van der Waals surface area contributed by atoms with Crippen LogP contribution in [0.15, 0.2) is 5.38 Å². The van der Waals surface area contributed by atoms with E-state index in [2.05, 4.69) is 15.3 Å². The maximum absolute atomic E-state index is 11.7. The fourth-order valence-corrected chi connectivity index (χ4v) is 2.95. The highest BCUT2D eigenvalue weighted by molar-refractivity contribution is 7.15. The Bertz CT molecular complexity index is 540. The standard InChI is InChI=1S/C12H15N3OS2/c1-7-8(2)18-12(13-7)15-11(16)5-4-10-6-17-9(3)14-10/h6H,4-5H2,1-3H3,(H,13,15,16). The number of aryl methyl sites for hydroxylation is 4. The lowest BCUT2D eigenvalue weighted by Gasteiger charge is -1.99. The fourth-order valence-electron chi connectivity index (χ4n) is 1.47. The van der Waals surface area contributed by atoms with Crippen molar-refractivity contribution in [2.75, 3.05) is 5.32 Å². The van der Waals surface area contributed by atoms with Crippen LogP contribution in [0.5, 0.6) is 0 Å². The number of aromatic nitrogens is 2. The lowest BCUT2D eigenvalue weighted by Crippen LogP contribution is -2.12. The zero-order valence-corrected chi connectivity index (χ0v) is 12.2. The van der Waals surface area contributed by atoms with Crippen LogP contribution in [0.4, 0.5) is 5.13 Å². The number of anilines is 1. The molecule has 0 spiro atoms. The summed E-state index contributed by atoms with van der Waals surface area (Å²) in [4.78, 5) is 21.5. The van der Waals surface area contributed by atoms with E-state index >= 15 is 0 Å². The van der Waals surface area contributed by atoms with Crippen molar-refractivity contribution >= 4 is 33.7 Å². The van der Waals surface area contributed by atoms with Crippen LogP contribution >= 0.6 is 22.7 Å². The van der Waals surface area contributed by atoms with Gasteiger partial charge in [-0.1, -0.05) is 0 Å². The quantitative estimate of drug-likeness (QED) is 0.937. The van der Waals surface area contributed by atoms with Gasteiger partial charge in [-0.05, 0) is 27.2 Å². The van der Waals surface area contributed by atoms with Crippen molar-refractivity contribution in [1.82, 2.24) is 9.97 Å². The van der Waals surface area contributed by atoms with E-state index in [-0.39, 0.29) is 5.91 Å². The molecule has 1 N–H and O–H groups in total. The van der Waals surface area contributed by atoms with Crippen LogP contribution in [0, 0.1) is 20.8 Å². The summed E-state index contributed by atoms with van der Waals surface area (Å²) in [5.74, 6) is -0.00518. The van der Waals surface area contributed by atoms with E-state index in [4.69, 9.17) is 0 Å². The van der Waals surface area contributed by atoms with Gasteiger partial charge in [0.25, 0.3) is 0 Å². The van der Waals surface area contributed by atoms with Crippen LogP contribution in [0.25, 0.3) is 0 Å². The van der Waals surface area contributed by atoms with Gasteiger partial charge >= 0.3 is 0 Å². The Morgan fingerprint density at radius 2 is 2.11 bits per heavy atom. The first kappa shape index (κ1) is 13.2. The van der Waals surface area contributed by atoms with Gasteiger partial charge in [-0.15, -0.1) is 22.7 Å². The van der Waals surface area contributed by atoms with Gasteiger partial charge in [0.15, 0.2) is 5.13 Å². The van der Waals surface area contributed by atoms with Gasteiger partial charge in [-0.25, -0.2) is 9.97 Å². The molecule has 0 radical (unpaired) electrons. The summed E-state index contributed by atoms with van der Waals surface area (Å²) in [6.45, 7) is 5.91. The van der Waals surface area contributed by atoms with E-state index in [1.54, 1.807) is 11.3 Å². The summed E-state index contributed by atoms with van der Waals surface area (Å²) in [5, 5.41) is 6.55. The Hall–Kier alpha value is -1.27. The second-order valence-electron chi connectivity index (χ2n) is 4.07. The molecule has 1 amide bonds. The third kappa shape index (κ3) is 3.36. The van der Waals surface area contributed by atoms with E-state index in [0.717, 1.165) is 21.3 Å². The van der Waals surface area contributed by atoms with E-state index in [1.807, 2.05) is 26.2 Å². The largest absolute Gasteiger partial charge is 0.302 e. The van der Waals surface area contributed by atoms with E-state index in [1.165, 1.54) is 11.3 Å². The van der Waals surface area contributed by atoms with Crippen molar-refractivity contribution in [2.45, 2.75) is 33.6 Å². The van der Waals surface area contributed by atoms with Gasteiger partial charge in [0.1, 0.15) is 0 Å². The molecular formula is C12H15N3OS2. The van der Waals surface area contributed by atoms with E-state index < -0.39 is 0 Å². The zero-order chi connectivity index (χ0) is 13.1. The van der Waals surface area contributed by atoms with E-state index in [0.29, 0.717) is 18.0 Å². The maximum Gasteiger partial charge on any atom is 0.226 e. The van der Waals surface area contributed by atoms with Gasteiger partial charge in [0.05, 0.1) is 16.4 Å². The molecule has 0 fully saturated rings. The molecule has 0 unspecified atom stereocenters. The number of hydrogen-bond donors (Lipinski definition) is 1. The minimum atomic E-state index is -0.00518. The maximum atomic E-state index is 11.7. The molecule has 4 nitrogen and oxygen atoms in total. The highest BCUT2D eigenvalue weighted by Gasteiger charge is 2.08. The Morgan fingerprint density at radius 1 is 1.33 bits per heavy atom. The summed E-state index contributed by atoms with van der Waals surface area (Å²) >= 11 is 3.12. The van der Waals surface area contributed by atoms with Gasteiger partial charge in [0.2, 0.25) is 5.91 Å². The predicted molar refractivity (Wildman–Crippen MR) is 75.4 cm³/mol. The molecule has 2 rings (SSSR count). The molecule has 18 heavy (non-hydrogen) atoms. The number of carbonyl (C=O) groups is 1. The second-order valence-corrected chi connectivity index (χ2v) is 6.33. The minimum absolute atomic E-state index is 0.00518. The summed E-state index contributed by atoms with van der Waals surface area (Å²) in [5.41, 5.74) is 1.96. The van der Waals surface area contributed by atoms with Crippen molar-refractivity contribution in [3.05, 3.63) is 26.7 Å². The average molecular weight is 281 g/mol. The molecule has 0 bridgehead atoms. The molecule has 0 saturated carbocycles. The molecule has 6 heteroatoms. The molecule has 2 aromatic heterocycles. The first-order valence-electron chi connectivity index (χ1n) is 5.69. The number of rotatable bonds is 4. The molecule has 0 aliphatic heterocycles. The molecule has 96 valence electrons. The normalized spacial score (nSPS) is 10.6. The smallest absolute Gasteiger partial charge is 0.226 e. The molecule has 0 aromatic carbocycles. The highest BCUT2D eigenvalue weighted by Crippen LogP contribution is 2.21. The predicted octanol–water partition coefficient (Wildman–Crippen LogP) is 3.10.